The summed E-state index contributed by atoms with van der Waals surface area (Å²) in [6.07, 6.45) is 2.02. The molecule has 5 nitrogen and oxygen atoms in total. The number of nitrogens with one attached hydrogen (secondary N) is 1. The number of aliphatic carboxylic acids is 1. The molecular weight excluding hydrogens is 252 g/mol. The number of rotatable bonds is 2. The molecule has 0 aromatic carbocycles. The van der Waals surface area contributed by atoms with Gasteiger partial charge in [-0.1, -0.05) is 6.92 Å². The van der Waals surface area contributed by atoms with Crippen molar-refractivity contribution in [2.45, 2.75) is 37.5 Å². The van der Waals surface area contributed by atoms with Gasteiger partial charge in [0, 0.05) is 30.1 Å². The molecule has 18 heavy (non-hydrogen) atoms. The number of carbonyl (C=O) groups excluding carboxylic acids is 1. The zero-order chi connectivity index (χ0) is 13.1. The molecule has 2 fully saturated rings. The zero-order valence-electron chi connectivity index (χ0n) is 10.6. The van der Waals surface area contributed by atoms with Crippen LogP contribution >= 0.6 is 11.8 Å². The van der Waals surface area contributed by atoms with Gasteiger partial charge in [-0.25, -0.2) is 4.79 Å². The average Bonchev–Trinajstić information content (AvgIpc) is 2.77. The van der Waals surface area contributed by atoms with Gasteiger partial charge in [-0.05, 0) is 19.3 Å². The van der Waals surface area contributed by atoms with Crippen molar-refractivity contribution in [3.63, 3.8) is 0 Å². The molecule has 0 bridgehead atoms. The lowest BCUT2D eigenvalue weighted by Crippen LogP contribution is -2.49. The molecule has 1 saturated carbocycles. The molecule has 3 atom stereocenters. The van der Waals surface area contributed by atoms with Crippen molar-refractivity contribution in [1.82, 2.24) is 10.2 Å². The highest BCUT2D eigenvalue weighted by Gasteiger charge is 2.32. The molecule has 6 heteroatoms. The molecule has 3 unspecified atom stereocenters. The minimum absolute atomic E-state index is 0.0295. The number of hydrogen-bond donors (Lipinski definition) is 2. The second-order valence-corrected chi connectivity index (χ2v) is 6.67. The van der Waals surface area contributed by atoms with Gasteiger partial charge >= 0.3 is 12.0 Å². The standard InChI is InChI=1S/C12H20N2O3S/c1-8-7-14(4-5-18-8)12(17)13-10-3-2-9(6-10)11(15)16/h8-10H,2-7H2,1H3,(H,13,17)(H,15,16). The summed E-state index contributed by atoms with van der Waals surface area (Å²) in [6.45, 7) is 3.70. The van der Waals surface area contributed by atoms with Crippen LogP contribution in [0.2, 0.25) is 0 Å². The highest BCUT2D eigenvalue weighted by molar-refractivity contribution is 7.99. The van der Waals surface area contributed by atoms with E-state index in [1.54, 1.807) is 0 Å². The van der Waals surface area contributed by atoms with Gasteiger partial charge in [0.15, 0.2) is 0 Å². The van der Waals surface area contributed by atoms with Crippen molar-refractivity contribution in [1.29, 1.82) is 0 Å². The summed E-state index contributed by atoms with van der Waals surface area (Å²) in [5, 5.41) is 12.4. The van der Waals surface area contributed by atoms with Crippen LogP contribution in [-0.4, -0.2) is 52.1 Å². The Hall–Kier alpha value is -0.910. The van der Waals surface area contributed by atoms with Crippen molar-refractivity contribution in [2.24, 2.45) is 5.92 Å². The molecule has 0 aromatic rings. The van der Waals surface area contributed by atoms with E-state index in [9.17, 15) is 9.59 Å². The van der Waals surface area contributed by atoms with Gasteiger partial charge in [0.05, 0.1) is 5.92 Å². The van der Waals surface area contributed by atoms with Gasteiger partial charge in [0.25, 0.3) is 0 Å². The van der Waals surface area contributed by atoms with Gasteiger partial charge in [-0.2, -0.15) is 11.8 Å². The third-order valence-electron chi connectivity index (χ3n) is 3.64. The highest BCUT2D eigenvalue weighted by Crippen LogP contribution is 2.26. The topological polar surface area (TPSA) is 69.6 Å². The normalized spacial score (nSPS) is 32.3. The summed E-state index contributed by atoms with van der Waals surface area (Å²) < 4.78 is 0. The predicted molar refractivity (Wildman–Crippen MR) is 70.8 cm³/mol. The molecule has 2 rings (SSSR count). The van der Waals surface area contributed by atoms with Crippen LogP contribution in [-0.2, 0) is 4.79 Å². The number of thioether (sulfide) groups is 1. The first-order valence-electron chi connectivity index (χ1n) is 6.46. The van der Waals surface area contributed by atoms with E-state index in [0.717, 1.165) is 25.3 Å². The van der Waals surface area contributed by atoms with Gasteiger partial charge < -0.3 is 15.3 Å². The smallest absolute Gasteiger partial charge is 0.317 e. The van der Waals surface area contributed by atoms with Crippen LogP contribution in [0.4, 0.5) is 4.79 Å². The Bertz CT molecular complexity index is 337. The van der Waals surface area contributed by atoms with Crippen LogP contribution in [0.1, 0.15) is 26.2 Å². The van der Waals surface area contributed by atoms with E-state index < -0.39 is 5.97 Å². The minimum atomic E-state index is -0.741. The maximum atomic E-state index is 12.0. The Morgan fingerprint density at radius 3 is 2.78 bits per heavy atom. The summed E-state index contributed by atoms with van der Waals surface area (Å²) in [5.41, 5.74) is 0. The molecule has 102 valence electrons. The molecule has 0 radical (unpaired) electrons. The van der Waals surface area contributed by atoms with Crippen molar-refractivity contribution >= 4 is 23.8 Å². The van der Waals surface area contributed by atoms with Crippen LogP contribution < -0.4 is 5.32 Å². The highest BCUT2D eigenvalue weighted by atomic mass is 32.2. The van der Waals surface area contributed by atoms with Gasteiger partial charge in [-0.15, -0.1) is 0 Å². The molecule has 0 spiro atoms. The number of carbonyl (C=O) groups is 2. The Morgan fingerprint density at radius 1 is 1.39 bits per heavy atom. The first-order valence-corrected chi connectivity index (χ1v) is 7.51. The molecular formula is C12H20N2O3S. The van der Waals surface area contributed by atoms with Gasteiger partial charge in [0.1, 0.15) is 0 Å². The van der Waals surface area contributed by atoms with Crippen LogP contribution in [0.3, 0.4) is 0 Å². The molecule has 1 heterocycles. The van der Waals surface area contributed by atoms with E-state index in [4.69, 9.17) is 5.11 Å². The SMILES string of the molecule is CC1CN(C(=O)NC2CCC(C(=O)O)C2)CCS1. The summed E-state index contributed by atoms with van der Waals surface area (Å²) >= 11 is 1.89. The monoisotopic (exact) mass is 272 g/mol. The fraction of sp³-hybridized carbons (Fsp3) is 0.833. The number of hydrogen-bond acceptors (Lipinski definition) is 3. The molecule has 2 amide bonds. The second kappa shape index (κ2) is 5.82. The molecule has 2 N–H and O–H groups in total. The van der Waals surface area contributed by atoms with Crippen LogP contribution in [0.25, 0.3) is 0 Å². The van der Waals surface area contributed by atoms with E-state index in [-0.39, 0.29) is 18.0 Å². The van der Waals surface area contributed by atoms with E-state index >= 15 is 0 Å². The Balaban J connectivity index is 1.79. The largest absolute Gasteiger partial charge is 0.481 e. The van der Waals surface area contributed by atoms with Crippen molar-refractivity contribution < 1.29 is 14.7 Å². The number of urea groups is 1. The predicted octanol–water partition coefficient (Wildman–Crippen LogP) is 1.39. The van der Waals surface area contributed by atoms with E-state index in [0.29, 0.717) is 18.1 Å². The molecule has 2 aliphatic rings. The number of carboxylic acids is 1. The Kier molecular flexibility index (Phi) is 4.37. The third kappa shape index (κ3) is 3.31. The quantitative estimate of drug-likeness (QED) is 0.797. The maximum absolute atomic E-state index is 12.0. The fourth-order valence-corrected chi connectivity index (χ4v) is 3.62. The lowest BCUT2D eigenvalue weighted by atomic mass is 10.1. The Labute approximate surface area is 111 Å². The Morgan fingerprint density at radius 2 is 2.17 bits per heavy atom. The molecule has 1 aliphatic heterocycles. The van der Waals surface area contributed by atoms with Crippen molar-refractivity contribution in [3.05, 3.63) is 0 Å². The zero-order valence-corrected chi connectivity index (χ0v) is 11.4. The maximum Gasteiger partial charge on any atom is 0.317 e. The first kappa shape index (κ1) is 13.5. The summed E-state index contributed by atoms with van der Waals surface area (Å²) in [6, 6.07) is 0.00155. The van der Waals surface area contributed by atoms with E-state index in [1.807, 2.05) is 16.7 Å². The average molecular weight is 272 g/mol. The lowest BCUT2D eigenvalue weighted by Gasteiger charge is -2.31. The number of nitrogens with zero attached hydrogens (tertiary/aromatic N) is 1. The third-order valence-corrected chi connectivity index (χ3v) is 4.77. The lowest BCUT2D eigenvalue weighted by molar-refractivity contribution is -0.141. The second-order valence-electron chi connectivity index (χ2n) is 5.12. The summed E-state index contributed by atoms with van der Waals surface area (Å²) in [4.78, 5) is 24.7. The van der Waals surface area contributed by atoms with Crippen LogP contribution in [0.15, 0.2) is 0 Å². The summed E-state index contributed by atoms with van der Waals surface area (Å²) in [5.74, 6) is -0.0438. The van der Waals surface area contributed by atoms with Crippen molar-refractivity contribution in [2.75, 3.05) is 18.8 Å². The van der Waals surface area contributed by atoms with Gasteiger partial charge in [0.2, 0.25) is 0 Å². The van der Waals surface area contributed by atoms with Crippen molar-refractivity contribution in [3.8, 4) is 0 Å². The van der Waals surface area contributed by atoms with Gasteiger partial charge in [-0.3, -0.25) is 4.79 Å². The van der Waals surface area contributed by atoms with E-state index in [1.165, 1.54) is 0 Å². The molecule has 0 aromatic heterocycles. The van der Waals surface area contributed by atoms with E-state index in [2.05, 4.69) is 12.2 Å². The molecule has 1 saturated heterocycles. The van der Waals surface area contributed by atoms with Crippen LogP contribution in [0, 0.1) is 5.92 Å². The minimum Gasteiger partial charge on any atom is -0.481 e. The molecule has 1 aliphatic carbocycles. The first-order chi connectivity index (χ1) is 8.56. The fourth-order valence-electron chi connectivity index (χ4n) is 2.61. The summed E-state index contributed by atoms with van der Waals surface area (Å²) in [7, 11) is 0. The number of amides is 2. The number of carboxylic acid groups (broad SMARTS) is 1. The van der Waals surface area contributed by atoms with Crippen LogP contribution in [0.5, 0.6) is 0 Å².